The van der Waals surface area contributed by atoms with Crippen LogP contribution in [0.4, 0.5) is 4.39 Å². The summed E-state index contributed by atoms with van der Waals surface area (Å²) >= 11 is 0. The predicted molar refractivity (Wildman–Crippen MR) is 62.2 cm³/mol. The molecule has 0 atom stereocenters. The first-order chi connectivity index (χ1) is 5.75. The molecule has 0 nitrogen and oxygen atoms in total. The molecule has 0 aromatic heterocycles. The third-order valence-corrected chi connectivity index (χ3v) is 4.19. The molecule has 0 aromatic carbocycles. The van der Waals surface area contributed by atoms with Crippen molar-refractivity contribution < 1.29 is 4.39 Å². The van der Waals surface area contributed by atoms with E-state index in [2.05, 4.69) is 48.5 Å². The Labute approximate surface area is 89.3 Å². The fraction of sp³-hybridized carbons (Fsp3) is 1.00. The molecule has 0 fully saturated rings. The molecule has 0 aromatic rings. The van der Waals surface area contributed by atoms with Gasteiger partial charge in [-0.25, -0.2) is 4.39 Å². The van der Waals surface area contributed by atoms with Crippen molar-refractivity contribution in [2.45, 2.75) is 68.0 Å². The first kappa shape index (κ1) is 13.9. The van der Waals surface area contributed by atoms with Gasteiger partial charge in [-0.2, -0.15) is 0 Å². The second-order valence-corrected chi connectivity index (χ2v) is 7.10. The quantitative estimate of drug-likeness (QED) is 0.571. The van der Waals surface area contributed by atoms with Gasteiger partial charge in [0.1, 0.15) is 5.67 Å². The molecular formula is C13H27F. The molecular weight excluding hydrogens is 175 g/mol. The molecule has 0 spiro atoms. The molecule has 0 radical (unpaired) electrons. The van der Waals surface area contributed by atoms with Crippen LogP contribution < -0.4 is 0 Å². The van der Waals surface area contributed by atoms with Crippen LogP contribution in [-0.4, -0.2) is 5.67 Å². The van der Waals surface area contributed by atoms with Crippen LogP contribution in [0.5, 0.6) is 0 Å². The third-order valence-electron chi connectivity index (χ3n) is 4.19. The van der Waals surface area contributed by atoms with Gasteiger partial charge in [0.15, 0.2) is 0 Å². The van der Waals surface area contributed by atoms with Crippen molar-refractivity contribution in [2.75, 3.05) is 0 Å². The van der Waals surface area contributed by atoms with Crippen molar-refractivity contribution in [1.29, 1.82) is 0 Å². The van der Waals surface area contributed by atoms with Crippen molar-refractivity contribution in [3.63, 3.8) is 0 Å². The fourth-order valence-corrected chi connectivity index (χ4v) is 2.91. The molecule has 0 amide bonds. The third kappa shape index (κ3) is 1.97. The van der Waals surface area contributed by atoms with E-state index in [1.807, 2.05) is 0 Å². The van der Waals surface area contributed by atoms with Crippen LogP contribution in [0.1, 0.15) is 62.3 Å². The predicted octanol–water partition coefficient (Wildman–Crippen LogP) is 4.83. The van der Waals surface area contributed by atoms with Crippen molar-refractivity contribution in [1.82, 2.24) is 0 Å². The van der Waals surface area contributed by atoms with Gasteiger partial charge in [0.05, 0.1) is 0 Å². The zero-order chi connectivity index (χ0) is 12.0. The van der Waals surface area contributed by atoms with E-state index in [1.54, 1.807) is 13.8 Å². The van der Waals surface area contributed by atoms with E-state index in [9.17, 15) is 4.39 Å². The summed E-state index contributed by atoms with van der Waals surface area (Å²) in [7, 11) is 0. The number of hydrogen-bond acceptors (Lipinski definition) is 0. The van der Waals surface area contributed by atoms with Crippen LogP contribution in [0.25, 0.3) is 0 Å². The van der Waals surface area contributed by atoms with Crippen LogP contribution in [0.3, 0.4) is 0 Å². The first-order valence-corrected chi connectivity index (χ1v) is 5.44. The standard InChI is InChI=1S/C13H27F/c1-10(2,3)13(9,11(4,5)6)12(7,8)14/h1-9H3. The molecule has 0 bridgehead atoms. The summed E-state index contributed by atoms with van der Waals surface area (Å²) in [5, 5.41) is 0. The summed E-state index contributed by atoms with van der Waals surface area (Å²) in [5.74, 6) is 0. The van der Waals surface area contributed by atoms with Gasteiger partial charge in [0, 0.05) is 5.41 Å². The average molecular weight is 202 g/mol. The highest BCUT2D eigenvalue weighted by molar-refractivity contribution is 5.04. The normalized spacial score (nSPS) is 15.9. The molecule has 1 heteroatoms. The lowest BCUT2D eigenvalue weighted by atomic mass is 9.49. The minimum atomic E-state index is -1.18. The Kier molecular flexibility index (Phi) is 3.20. The van der Waals surface area contributed by atoms with Gasteiger partial charge in [-0.1, -0.05) is 48.5 Å². The number of halogens is 1. The smallest absolute Gasteiger partial charge is 0.111 e. The van der Waals surface area contributed by atoms with Crippen molar-refractivity contribution in [3.8, 4) is 0 Å². The monoisotopic (exact) mass is 202 g/mol. The molecule has 0 aliphatic carbocycles. The summed E-state index contributed by atoms with van der Waals surface area (Å²) in [6.07, 6.45) is 0. The van der Waals surface area contributed by atoms with Gasteiger partial charge in [0.25, 0.3) is 0 Å². The maximum atomic E-state index is 14.4. The number of alkyl halides is 1. The maximum absolute atomic E-state index is 14.4. The molecule has 0 N–H and O–H groups in total. The summed E-state index contributed by atoms with van der Waals surface area (Å²) < 4.78 is 14.4. The fourth-order valence-electron chi connectivity index (χ4n) is 2.91. The van der Waals surface area contributed by atoms with Gasteiger partial charge in [-0.3, -0.25) is 0 Å². The SMILES string of the molecule is CC(C)(C)C(C)(C(C)(C)C)C(C)(C)F. The van der Waals surface area contributed by atoms with Crippen molar-refractivity contribution in [3.05, 3.63) is 0 Å². The molecule has 0 rings (SSSR count). The van der Waals surface area contributed by atoms with Gasteiger partial charge < -0.3 is 0 Å². The van der Waals surface area contributed by atoms with Crippen LogP contribution in [0, 0.1) is 16.2 Å². The van der Waals surface area contributed by atoms with Gasteiger partial charge in [-0.15, -0.1) is 0 Å². The highest BCUT2D eigenvalue weighted by Gasteiger charge is 2.56. The molecule has 0 heterocycles. The van der Waals surface area contributed by atoms with Crippen molar-refractivity contribution in [2.24, 2.45) is 16.2 Å². The van der Waals surface area contributed by atoms with Crippen LogP contribution >= 0.6 is 0 Å². The highest BCUT2D eigenvalue weighted by Crippen LogP contribution is 2.58. The molecule has 0 aliphatic rings. The highest BCUT2D eigenvalue weighted by atomic mass is 19.1. The van der Waals surface area contributed by atoms with Gasteiger partial charge in [0.2, 0.25) is 0 Å². The molecule has 0 saturated heterocycles. The van der Waals surface area contributed by atoms with E-state index in [4.69, 9.17) is 0 Å². The zero-order valence-electron chi connectivity index (χ0n) is 11.4. The number of hydrogen-bond donors (Lipinski definition) is 0. The van der Waals surface area contributed by atoms with Gasteiger partial charge in [-0.05, 0) is 24.7 Å². The summed E-state index contributed by atoms with van der Waals surface area (Å²) in [6, 6.07) is 0. The molecule has 0 saturated carbocycles. The number of rotatable bonds is 1. The summed E-state index contributed by atoms with van der Waals surface area (Å²) in [6.45, 7) is 18.2. The molecule has 0 aliphatic heterocycles. The Hall–Kier alpha value is -0.0700. The zero-order valence-corrected chi connectivity index (χ0v) is 11.4. The second kappa shape index (κ2) is 3.21. The Morgan fingerprint density at radius 1 is 0.571 bits per heavy atom. The van der Waals surface area contributed by atoms with E-state index in [0.717, 1.165) is 0 Å². The van der Waals surface area contributed by atoms with E-state index in [-0.39, 0.29) is 16.2 Å². The van der Waals surface area contributed by atoms with E-state index < -0.39 is 5.67 Å². The van der Waals surface area contributed by atoms with Crippen LogP contribution in [0.15, 0.2) is 0 Å². The Morgan fingerprint density at radius 2 is 0.786 bits per heavy atom. The lowest BCUT2D eigenvalue weighted by molar-refractivity contribution is -0.127. The maximum Gasteiger partial charge on any atom is 0.111 e. The minimum Gasteiger partial charge on any atom is -0.244 e. The molecule has 86 valence electrons. The summed E-state index contributed by atoms with van der Waals surface area (Å²) in [4.78, 5) is 0. The van der Waals surface area contributed by atoms with E-state index >= 15 is 0 Å². The minimum absolute atomic E-state index is 0.0521. The largest absolute Gasteiger partial charge is 0.244 e. The van der Waals surface area contributed by atoms with E-state index in [0.29, 0.717) is 0 Å². The Bertz CT molecular complexity index is 159. The van der Waals surface area contributed by atoms with Crippen molar-refractivity contribution >= 4 is 0 Å². The van der Waals surface area contributed by atoms with E-state index in [1.165, 1.54) is 0 Å². The molecule has 14 heavy (non-hydrogen) atoms. The average Bonchev–Trinajstić information content (AvgIpc) is 1.77. The Balaban J connectivity index is 5.54. The van der Waals surface area contributed by atoms with Crippen LogP contribution in [-0.2, 0) is 0 Å². The molecule has 0 unspecified atom stereocenters. The second-order valence-electron chi connectivity index (χ2n) is 7.10. The lowest BCUT2D eigenvalue weighted by Gasteiger charge is -2.56. The van der Waals surface area contributed by atoms with Gasteiger partial charge >= 0.3 is 0 Å². The summed E-state index contributed by atoms with van der Waals surface area (Å²) in [5.41, 5.74) is -1.64. The van der Waals surface area contributed by atoms with Crippen LogP contribution in [0.2, 0.25) is 0 Å². The Morgan fingerprint density at radius 3 is 0.786 bits per heavy atom. The first-order valence-electron chi connectivity index (χ1n) is 5.44. The lowest BCUT2D eigenvalue weighted by Crippen LogP contribution is -2.55. The topological polar surface area (TPSA) is 0 Å².